The van der Waals surface area contributed by atoms with Gasteiger partial charge in [-0.3, -0.25) is 29.8 Å². The number of nitrogens with one attached hydrogen (secondary N) is 2. The monoisotopic (exact) mass is 300 g/mol. The van der Waals surface area contributed by atoms with Crippen molar-refractivity contribution >= 4 is 23.6 Å². The predicted octanol–water partition coefficient (Wildman–Crippen LogP) is -2.68. The van der Waals surface area contributed by atoms with Gasteiger partial charge in [-0.2, -0.15) is 0 Å². The Labute approximate surface area is 120 Å². The number of hydroxylamine groups is 6. The highest BCUT2D eigenvalue weighted by Gasteiger charge is 2.41. The lowest BCUT2D eigenvalue weighted by Crippen LogP contribution is -2.69. The first-order chi connectivity index (χ1) is 9.62. The third kappa shape index (κ3) is 3.42. The minimum absolute atomic E-state index is 0.316. The van der Waals surface area contributed by atoms with E-state index in [9.17, 15) is 29.6 Å². The zero-order valence-electron chi connectivity index (χ0n) is 11.5. The number of carbonyl (C=O) groups excluding carboxylic acids is 4. The molecule has 0 aromatic rings. The molecule has 10 heteroatoms. The molecule has 0 aromatic carbocycles. The second kappa shape index (κ2) is 5.15. The molecule has 2 aliphatic rings. The molecule has 1 atom stereocenters. The number of rotatable bonds is 3. The lowest BCUT2D eigenvalue weighted by atomic mass is 10.2. The average molecular weight is 300 g/mol. The van der Waals surface area contributed by atoms with Crippen molar-refractivity contribution < 1.29 is 28.5 Å². The van der Waals surface area contributed by atoms with Crippen molar-refractivity contribution in [3.05, 3.63) is 10.4 Å². The number of nitrogens with zero attached hydrogens (tertiary/aromatic N) is 2. The Morgan fingerprint density at radius 3 is 1.71 bits per heavy atom. The van der Waals surface area contributed by atoms with Crippen molar-refractivity contribution in [3.63, 3.8) is 0 Å². The summed E-state index contributed by atoms with van der Waals surface area (Å²) >= 11 is 0. The van der Waals surface area contributed by atoms with Gasteiger partial charge in [0, 0.05) is 0 Å². The number of imide groups is 2. The van der Waals surface area contributed by atoms with Gasteiger partial charge in [-0.1, -0.05) is 0 Å². The van der Waals surface area contributed by atoms with Crippen LogP contribution >= 0.6 is 0 Å². The number of hydrogen-bond acceptors (Lipinski definition) is 6. The van der Waals surface area contributed by atoms with Crippen molar-refractivity contribution in [2.24, 2.45) is 0 Å². The zero-order valence-corrected chi connectivity index (χ0v) is 11.5. The molecule has 116 valence electrons. The van der Waals surface area contributed by atoms with Gasteiger partial charge in [0.25, 0.3) is 23.6 Å². The maximum Gasteiger partial charge on any atom is 0.282 e. The second-order valence-electron chi connectivity index (χ2n) is 5.62. The molecule has 0 saturated carbocycles. The summed E-state index contributed by atoms with van der Waals surface area (Å²) in [7, 11) is 0. The van der Waals surface area contributed by atoms with E-state index in [2.05, 4.69) is 0 Å². The molecule has 2 heterocycles. The van der Waals surface area contributed by atoms with Gasteiger partial charge in [0.1, 0.15) is 12.6 Å². The fourth-order valence-corrected chi connectivity index (χ4v) is 2.66. The molecule has 0 unspecified atom stereocenters. The Kier molecular flexibility index (Phi) is 3.80. The molecule has 2 saturated heterocycles. The Bertz CT molecular complexity index is 487. The van der Waals surface area contributed by atoms with Crippen LogP contribution in [0.25, 0.3) is 0 Å². The maximum atomic E-state index is 12.5. The summed E-state index contributed by atoms with van der Waals surface area (Å²) in [5.41, 5.74) is 0. The van der Waals surface area contributed by atoms with Crippen LogP contribution in [0.2, 0.25) is 0 Å². The smallest absolute Gasteiger partial charge is 0.282 e. The van der Waals surface area contributed by atoms with E-state index in [1.807, 2.05) is 10.6 Å². The largest absolute Gasteiger partial charge is 0.632 e. The molecule has 0 spiro atoms. The predicted molar refractivity (Wildman–Crippen MR) is 67.4 cm³/mol. The van der Waals surface area contributed by atoms with Crippen LogP contribution in [0.5, 0.6) is 0 Å². The van der Waals surface area contributed by atoms with Crippen LogP contribution in [-0.4, -0.2) is 71.7 Å². The molecule has 2 fully saturated rings. The number of amides is 4. The van der Waals surface area contributed by atoms with Crippen molar-refractivity contribution in [3.8, 4) is 0 Å². The van der Waals surface area contributed by atoms with E-state index in [4.69, 9.17) is 0 Å². The van der Waals surface area contributed by atoms with E-state index >= 15 is 0 Å². The topological polar surface area (TPSA) is 138 Å². The van der Waals surface area contributed by atoms with Crippen molar-refractivity contribution in [2.45, 2.75) is 13.0 Å². The number of piperazine rings is 2. The molecule has 0 aliphatic carbocycles. The van der Waals surface area contributed by atoms with Crippen LogP contribution in [0.4, 0.5) is 0 Å². The van der Waals surface area contributed by atoms with Gasteiger partial charge < -0.3 is 19.7 Å². The van der Waals surface area contributed by atoms with Crippen LogP contribution < -0.4 is 10.6 Å². The highest BCUT2D eigenvalue weighted by molar-refractivity contribution is 5.98. The van der Waals surface area contributed by atoms with Crippen LogP contribution in [0.15, 0.2) is 0 Å². The fourth-order valence-electron chi connectivity index (χ4n) is 2.66. The normalized spacial score (nSPS) is 26.0. The van der Waals surface area contributed by atoms with Gasteiger partial charge in [0.2, 0.25) is 0 Å². The number of carbonyl (C=O) groups is 4. The third-order valence-corrected chi connectivity index (χ3v) is 3.64. The Morgan fingerprint density at radius 1 is 0.905 bits per heavy atom. The number of quaternary nitrogens is 2. The van der Waals surface area contributed by atoms with E-state index in [0.29, 0.717) is 0 Å². The molecule has 0 radical (unpaired) electrons. The molecular weight excluding hydrogens is 284 g/mol. The molecule has 2 rings (SSSR count). The fraction of sp³-hybridized carbons (Fsp3) is 0.636. The zero-order chi connectivity index (χ0) is 15.8. The standard InChI is InChI=1S/C11H16N4O6/c1-7(15(21)5-10(18)13-11(19)6-15)2-14(20)3-8(16)12-9(17)4-14/h7H,2-6H2,1H3,(H,12,16,17)(H,13,18,19)/t7-/m0/s1. The molecule has 2 aliphatic heterocycles. The Balaban J connectivity index is 2.11. The summed E-state index contributed by atoms with van der Waals surface area (Å²) in [5, 5.41) is 29.0. The summed E-state index contributed by atoms with van der Waals surface area (Å²) in [5.74, 6) is -2.78. The van der Waals surface area contributed by atoms with Crippen molar-refractivity contribution in [1.29, 1.82) is 0 Å². The highest BCUT2D eigenvalue weighted by atomic mass is 16.6. The molecule has 0 bridgehead atoms. The maximum absolute atomic E-state index is 12.5. The second-order valence-corrected chi connectivity index (χ2v) is 5.62. The van der Waals surface area contributed by atoms with Gasteiger partial charge in [-0.05, 0) is 6.92 Å². The molecule has 21 heavy (non-hydrogen) atoms. The third-order valence-electron chi connectivity index (χ3n) is 3.64. The van der Waals surface area contributed by atoms with Crippen LogP contribution in [0, 0.1) is 10.4 Å². The van der Waals surface area contributed by atoms with E-state index in [-0.39, 0.29) is 6.54 Å². The first kappa shape index (κ1) is 15.5. The minimum atomic E-state index is -1.15. The van der Waals surface area contributed by atoms with Crippen LogP contribution in [0.1, 0.15) is 6.92 Å². The summed E-state index contributed by atoms with van der Waals surface area (Å²) in [6.45, 7) is -0.733. The summed E-state index contributed by atoms with van der Waals surface area (Å²) < 4.78 is -2.30. The van der Waals surface area contributed by atoms with Gasteiger partial charge in [-0.25, -0.2) is 0 Å². The Hall–Kier alpha value is -1.88. The summed E-state index contributed by atoms with van der Waals surface area (Å²) in [6.07, 6.45) is 0. The van der Waals surface area contributed by atoms with Gasteiger partial charge in [-0.15, -0.1) is 0 Å². The minimum Gasteiger partial charge on any atom is -0.632 e. The average Bonchev–Trinajstić information content (AvgIpc) is 2.23. The van der Waals surface area contributed by atoms with Crippen molar-refractivity contribution in [1.82, 2.24) is 10.6 Å². The van der Waals surface area contributed by atoms with E-state index < -0.39 is 65.1 Å². The van der Waals surface area contributed by atoms with Crippen molar-refractivity contribution in [2.75, 3.05) is 32.7 Å². The highest BCUT2D eigenvalue weighted by Crippen LogP contribution is 2.19. The number of hydrogen-bond donors (Lipinski definition) is 2. The quantitative estimate of drug-likeness (QED) is 0.331. The van der Waals surface area contributed by atoms with E-state index in [1.54, 1.807) is 0 Å². The summed E-state index contributed by atoms with van der Waals surface area (Å²) in [6, 6.07) is -0.892. The summed E-state index contributed by atoms with van der Waals surface area (Å²) in [4.78, 5) is 45.2. The van der Waals surface area contributed by atoms with Gasteiger partial charge in [0.15, 0.2) is 26.2 Å². The molecule has 0 aromatic heterocycles. The van der Waals surface area contributed by atoms with Gasteiger partial charge in [0.05, 0.1) is 0 Å². The van der Waals surface area contributed by atoms with Gasteiger partial charge >= 0.3 is 0 Å². The molecular formula is C11H16N4O6. The van der Waals surface area contributed by atoms with Crippen LogP contribution in [-0.2, 0) is 19.2 Å². The lowest BCUT2D eigenvalue weighted by Gasteiger charge is -2.52. The van der Waals surface area contributed by atoms with E-state index in [1.165, 1.54) is 6.92 Å². The first-order valence-corrected chi connectivity index (χ1v) is 6.42. The molecule has 2 N–H and O–H groups in total. The van der Waals surface area contributed by atoms with Crippen LogP contribution in [0.3, 0.4) is 0 Å². The first-order valence-electron chi connectivity index (χ1n) is 6.42. The lowest BCUT2D eigenvalue weighted by molar-refractivity contribution is -0.941. The van der Waals surface area contributed by atoms with E-state index in [0.717, 1.165) is 0 Å². The SMILES string of the molecule is C[C@@H](C[N+]1([O-])CC(=O)NC(=O)C1)[N+]1([O-])CC(=O)NC(=O)C1. The molecule has 10 nitrogen and oxygen atoms in total. The molecule has 4 amide bonds. The Morgan fingerprint density at radius 2 is 1.29 bits per heavy atom.